The average molecular weight is 501 g/mol. The summed E-state index contributed by atoms with van der Waals surface area (Å²) in [5.41, 5.74) is -4.75. The normalized spacial score (nSPS) is 36.9. The van der Waals surface area contributed by atoms with E-state index in [1.165, 1.54) is 43.9 Å². The monoisotopic (exact) mass is 500 g/mol. The number of rotatable bonds is 6. The van der Waals surface area contributed by atoms with Crippen molar-refractivity contribution in [2.45, 2.75) is 70.9 Å². The minimum atomic E-state index is -1.59. The maximum atomic E-state index is 14.3. The van der Waals surface area contributed by atoms with Gasteiger partial charge in [0.25, 0.3) is 0 Å². The van der Waals surface area contributed by atoms with E-state index in [4.69, 9.17) is 18.6 Å². The molecule has 3 aliphatic rings. The molecule has 1 spiro atoms. The van der Waals surface area contributed by atoms with E-state index >= 15 is 0 Å². The maximum Gasteiger partial charge on any atom is 0.338 e. The number of ether oxygens (including phenoxy) is 3. The first-order valence-corrected chi connectivity index (χ1v) is 11.9. The van der Waals surface area contributed by atoms with Crippen LogP contribution in [0.5, 0.6) is 0 Å². The van der Waals surface area contributed by atoms with Gasteiger partial charge in [-0.05, 0) is 71.3 Å². The molecule has 1 saturated carbocycles. The van der Waals surface area contributed by atoms with Crippen LogP contribution >= 0.6 is 0 Å². The van der Waals surface area contributed by atoms with Crippen molar-refractivity contribution in [2.24, 2.45) is 16.7 Å². The second-order valence-corrected chi connectivity index (χ2v) is 10.7. The highest BCUT2D eigenvalue weighted by atomic mass is 16.7. The van der Waals surface area contributed by atoms with Gasteiger partial charge < -0.3 is 23.7 Å². The van der Waals surface area contributed by atoms with E-state index in [9.17, 15) is 24.3 Å². The van der Waals surface area contributed by atoms with Gasteiger partial charge in [-0.1, -0.05) is 0 Å². The third-order valence-corrected chi connectivity index (χ3v) is 8.43. The molecule has 2 fully saturated rings. The van der Waals surface area contributed by atoms with Crippen molar-refractivity contribution in [3.05, 3.63) is 48.0 Å². The van der Waals surface area contributed by atoms with Crippen LogP contribution in [0.25, 0.3) is 0 Å². The summed E-state index contributed by atoms with van der Waals surface area (Å²) in [6.07, 6.45) is 5.27. The van der Waals surface area contributed by atoms with E-state index < -0.39 is 57.9 Å². The number of furan rings is 1. The maximum absolute atomic E-state index is 14.3. The highest BCUT2D eigenvalue weighted by Gasteiger charge is 2.84. The minimum Gasteiger partial charge on any atom is -0.472 e. The van der Waals surface area contributed by atoms with Gasteiger partial charge in [0.05, 0.1) is 35.9 Å². The van der Waals surface area contributed by atoms with Gasteiger partial charge in [-0.2, -0.15) is 0 Å². The number of carbonyl (C=O) groups excluding carboxylic acids is 4. The smallest absolute Gasteiger partial charge is 0.338 e. The topological polar surface area (TPSA) is 133 Å². The predicted molar refractivity (Wildman–Crippen MR) is 126 cm³/mol. The molecule has 0 radical (unpaired) electrons. The van der Waals surface area contributed by atoms with Gasteiger partial charge in [-0.3, -0.25) is 9.59 Å². The van der Waals surface area contributed by atoms with Crippen molar-refractivity contribution in [3.8, 4) is 0 Å². The number of esters is 2. The summed E-state index contributed by atoms with van der Waals surface area (Å²) in [5, 5.41) is 10.8. The fourth-order valence-corrected chi connectivity index (χ4v) is 6.35. The second kappa shape index (κ2) is 8.52. The molecular formula is C27H32O9. The van der Waals surface area contributed by atoms with Gasteiger partial charge in [0.2, 0.25) is 0 Å². The van der Waals surface area contributed by atoms with E-state index in [1.54, 1.807) is 34.6 Å². The third-order valence-electron chi connectivity index (χ3n) is 8.43. The zero-order valence-corrected chi connectivity index (χ0v) is 21.3. The third kappa shape index (κ3) is 3.51. The van der Waals surface area contributed by atoms with Gasteiger partial charge in [-0.15, -0.1) is 0 Å². The number of allylic oxidation sites excluding steroid dienone is 1. The fraction of sp³-hybridized carbons (Fsp3) is 0.556. The summed E-state index contributed by atoms with van der Waals surface area (Å²) >= 11 is 0. The lowest BCUT2D eigenvalue weighted by Gasteiger charge is -2.54. The average Bonchev–Trinajstić information content (AvgIpc) is 3.34. The lowest BCUT2D eigenvalue weighted by molar-refractivity contribution is -0.151. The van der Waals surface area contributed by atoms with Crippen LogP contribution in [0.15, 0.2) is 46.8 Å². The van der Waals surface area contributed by atoms with E-state index in [-0.39, 0.29) is 12.2 Å². The number of Topliss-reactive ketones (excluding diaryl/α,β-unsaturated/α-hetero) is 1. The first-order valence-electron chi connectivity index (χ1n) is 11.9. The molecule has 1 N–H and O–H groups in total. The summed E-state index contributed by atoms with van der Waals surface area (Å²) < 4.78 is 21.6. The van der Waals surface area contributed by atoms with Crippen molar-refractivity contribution in [3.63, 3.8) is 0 Å². The Morgan fingerprint density at radius 1 is 1.19 bits per heavy atom. The van der Waals surface area contributed by atoms with Crippen LogP contribution in [0, 0.1) is 16.7 Å². The van der Waals surface area contributed by atoms with E-state index in [1.807, 2.05) is 0 Å². The van der Waals surface area contributed by atoms with Crippen LogP contribution in [0.3, 0.4) is 0 Å². The molecule has 0 bridgehead atoms. The van der Waals surface area contributed by atoms with Crippen LogP contribution in [-0.4, -0.2) is 59.1 Å². The zero-order chi connectivity index (χ0) is 26.7. The van der Waals surface area contributed by atoms with Crippen molar-refractivity contribution in [1.82, 2.24) is 0 Å². The van der Waals surface area contributed by atoms with Crippen molar-refractivity contribution < 1.29 is 42.9 Å². The number of aliphatic hydroxyl groups excluding tert-OH is 1. The first kappa shape index (κ1) is 26.0. The number of aliphatic hydroxyl groups is 1. The Morgan fingerprint density at radius 2 is 1.89 bits per heavy atom. The Balaban J connectivity index is 1.91. The molecule has 194 valence electrons. The molecule has 0 amide bonds. The van der Waals surface area contributed by atoms with Crippen molar-refractivity contribution in [1.29, 1.82) is 0 Å². The highest BCUT2D eigenvalue weighted by Crippen LogP contribution is 2.70. The molecule has 1 unspecified atom stereocenters. The molecule has 1 aromatic heterocycles. The Hall–Kier alpha value is -3.04. The molecule has 9 heteroatoms. The second-order valence-electron chi connectivity index (χ2n) is 10.7. The number of cyclic esters (lactones) is 1. The quantitative estimate of drug-likeness (QED) is 0.271. The summed E-state index contributed by atoms with van der Waals surface area (Å²) in [6, 6.07) is 1.53. The van der Waals surface area contributed by atoms with Crippen molar-refractivity contribution >= 4 is 23.5 Å². The number of epoxide rings is 1. The van der Waals surface area contributed by atoms with Crippen LogP contribution in [-0.2, 0) is 28.6 Å². The van der Waals surface area contributed by atoms with E-state index in [0.717, 1.165) is 0 Å². The number of ketones is 2. The van der Waals surface area contributed by atoms with Gasteiger partial charge in [0, 0.05) is 12.0 Å². The standard InChI is InChI=1S/C27H32O9/c1-15(28)18-9-11-25(4,21(31)16-10-12-34-14-16)27(22(36-27)23(32)33-6)26(18,5)19(29)13-17-7-8-20(30)35-24(17,2)3/h7-8,10,12-15,18,22,28H,9,11H2,1-6H3/b17-13+/t15?,18-,22-,25+,26+,27-/m1/s1. The summed E-state index contributed by atoms with van der Waals surface area (Å²) in [5.74, 6) is -2.64. The number of methoxy groups -OCH3 is 1. The van der Waals surface area contributed by atoms with Gasteiger partial charge in [0.15, 0.2) is 17.7 Å². The van der Waals surface area contributed by atoms with Crippen LogP contribution < -0.4 is 0 Å². The molecule has 3 heterocycles. The Morgan fingerprint density at radius 3 is 2.44 bits per heavy atom. The van der Waals surface area contributed by atoms with Crippen LogP contribution in [0.4, 0.5) is 0 Å². The number of hydrogen-bond acceptors (Lipinski definition) is 9. The fourth-order valence-electron chi connectivity index (χ4n) is 6.35. The zero-order valence-electron chi connectivity index (χ0n) is 21.3. The molecule has 1 aromatic rings. The van der Waals surface area contributed by atoms with Gasteiger partial charge in [0.1, 0.15) is 17.5 Å². The van der Waals surface area contributed by atoms with E-state index in [0.29, 0.717) is 17.6 Å². The van der Waals surface area contributed by atoms with Crippen LogP contribution in [0.1, 0.15) is 57.8 Å². The molecule has 4 rings (SSSR count). The predicted octanol–water partition coefficient (Wildman–Crippen LogP) is 2.96. The highest BCUT2D eigenvalue weighted by molar-refractivity contribution is 6.06. The lowest BCUT2D eigenvalue weighted by atomic mass is 9.46. The molecule has 0 aromatic carbocycles. The van der Waals surface area contributed by atoms with Gasteiger partial charge >= 0.3 is 11.9 Å². The Kier molecular flexibility index (Phi) is 6.16. The molecule has 1 saturated heterocycles. The van der Waals surface area contributed by atoms with Crippen LogP contribution in [0.2, 0.25) is 0 Å². The SMILES string of the molecule is COC(=O)[C@H]1O[C@@]12[C@](C)(C(=O)c1ccoc1)CC[C@H](C(C)O)[C@@]2(C)C(=O)/C=C1\C=CC(=O)OC1(C)C. The van der Waals surface area contributed by atoms with E-state index in [2.05, 4.69) is 0 Å². The first-order chi connectivity index (χ1) is 16.8. The summed E-state index contributed by atoms with van der Waals surface area (Å²) in [6.45, 7) is 8.23. The molecular weight excluding hydrogens is 468 g/mol. The number of hydrogen-bond donors (Lipinski definition) is 1. The Labute approximate surface area is 209 Å². The molecule has 36 heavy (non-hydrogen) atoms. The molecule has 2 aliphatic heterocycles. The summed E-state index contributed by atoms with van der Waals surface area (Å²) in [4.78, 5) is 52.7. The lowest BCUT2D eigenvalue weighted by Crippen LogP contribution is -2.65. The number of carbonyl (C=O) groups is 4. The molecule has 9 nitrogen and oxygen atoms in total. The molecule has 1 aliphatic carbocycles. The molecule has 6 atom stereocenters. The summed E-state index contributed by atoms with van der Waals surface area (Å²) in [7, 11) is 1.22. The van der Waals surface area contributed by atoms with Crippen molar-refractivity contribution in [2.75, 3.05) is 7.11 Å². The Bertz CT molecular complexity index is 1160. The minimum absolute atomic E-state index is 0.266. The van der Waals surface area contributed by atoms with Gasteiger partial charge in [-0.25, -0.2) is 9.59 Å². The largest absolute Gasteiger partial charge is 0.472 e.